The second-order valence-electron chi connectivity index (χ2n) is 5.73. The number of fused-ring (bicyclic) bond motifs is 2. The van der Waals surface area contributed by atoms with E-state index >= 15 is 0 Å². The minimum Gasteiger partial charge on any atom is -0.393 e. The summed E-state index contributed by atoms with van der Waals surface area (Å²) in [6.45, 7) is 0. The molecule has 3 unspecified atom stereocenters. The van der Waals surface area contributed by atoms with E-state index in [0.29, 0.717) is 12.8 Å². The molecule has 3 rings (SSSR count). The fourth-order valence-corrected chi connectivity index (χ4v) is 3.58. The summed E-state index contributed by atoms with van der Waals surface area (Å²) in [5.41, 5.74) is 0.755. The molecule has 0 saturated carbocycles. The van der Waals surface area contributed by atoms with Gasteiger partial charge in [-0.2, -0.15) is 5.26 Å². The number of carbonyl (C=O) groups excluding carboxylic acids is 1. The van der Waals surface area contributed by atoms with Crippen LogP contribution in [0.4, 0.5) is 0 Å². The van der Waals surface area contributed by atoms with E-state index in [1.165, 1.54) is 0 Å². The Bertz CT molecular complexity index is 523. The number of benzene rings is 1. The number of aliphatic hydroxyl groups excluding tert-OH is 1. The second-order valence-corrected chi connectivity index (χ2v) is 5.73. The molecule has 0 aliphatic carbocycles. The van der Waals surface area contributed by atoms with Crippen molar-refractivity contribution < 1.29 is 9.90 Å². The molecule has 104 valence electrons. The standard InChI is InChI=1S/C16H18N2O2/c17-10-15(11-4-2-1-3-5-11)16(20)18-12-6-7-13(18)9-14(19)8-12/h1-5,12-15,19H,6-9H2. The molecule has 2 fully saturated rings. The number of carbonyl (C=O) groups is 1. The van der Waals surface area contributed by atoms with E-state index in [-0.39, 0.29) is 24.1 Å². The van der Waals surface area contributed by atoms with Gasteiger partial charge in [-0.15, -0.1) is 0 Å². The van der Waals surface area contributed by atoms with Crippen molar-refractivity contribution in [3.63, 3.8) is 0 Å². The molecular weight excluding hydrogens is 252 g/mol. The molecule has 2 aliphatic rings. The average Bonchev–Trinajstić information content (AvgIpc) is 2.73. The zero-order valence-electron chi connectivity index (χ0n) is 11.3. The van der Waals surface area contributed by atoms with Gasteiger partial charge in [-0.05, 0) is 31.2 Å². The second kappa shape index (κ2) is 5.26. The van der Waals surface area contributed by atoms with E-state index < -0.39 is 5.92 Å². The molecule has 4 nitrogen and oxygen atoms in total. The highest BCUT2D eigenvalue weighted by Crippen LogP contribution is 2.37. The maximum absolute atomic E-state index is 12.7. The third kappa shape index (κ3) is 2.19. The largest absolute Gasteiger partial charge is 0.393 e. The Labute approximate surface area is 118 Å². The van der Waals surface area contributed by atoms with Crippen LogP contribution in [0.25, 0.3) is 0 Å². The van der Waals surface area contributed by atoms with Crippen molar-refractivity contribution in [2.75, 3.05) is 0 Å². The van der Waals surface area contributed by atoms with E-state index in [0.717, 1.165) is 18.4 Å². The molecule has 0 radical (unpaired) electrons. The van der Waals surface area contributed by atoms with Crippen LogP contribution in [0.1, 0.15) is 37.2 Å². The third-order valence-electron chi connectivity index (χ3n) is 4.47. The lowest BCUT2D eigenvalue weighted by Gasteiger charge is -2.38. The van der Waals surface area contributed by atoms with Crippen LogP contribution in [0.2, 0.25) is 0 Å². The molecule has 0 spiro atoms. The van der Waals surface area contributed by atoms with Crippen molar-refractivity contribution in [3.05, 3.63) is 35.9 Å². The highest BCUT2D eigenvalue weighted by molar-refractivity contribution is 5.87. The SMILES string of the molecule is N#CC(C(=O)N1C2CCC1CC(O)C2)c1ccccc1. The Balaban J connectivity index is 1.84. The van der Waals surface area contributed by atoms with Gasteiger partial charge >= 0.3 is 0 Å². The van der Waals surface area contributed by atoms with Crippen molar-refractivity contribution in [1.29, 1.82) is 5.26 Å². The first-order chi connectivity index (χ1) is 9.70. The molecule has 2 bridgehead atoms. The van der Waals surface area contributed by atoms with Gasteiger partial charge in [0.05, 0.1) is 12.2 Å². The Kier molecular flexibility index (Phi) is 3.45. The van der Waals surface area contributed by atoms with Gasteiger partial charge in [0.2, 0.25) is 5.91 Å². The Morgan fingerprint density at radius 3 is 2.40 bits per heavy atom. The van der Waals surface area contributed by atoms with E-state index in [1.54, 1.807) is 0 Å². The fraction of sp³-hybridized carbons (Fsp3) is 0.500. The summed E-state index contributed by atoms with van der Waals surface area (Å²) in [6, 6.07) is 11.6. The fourth-order valence-electron chi connectivity index (χ4n) is 3.58. The molecule has 2 aliphatic heterocycles. The van der Waals surface area contributed by atoms with Crippen LogP contribution in [0, 0.1) is 11.3 Å². The van der Waals surface area contributed by atoms with Gasteiger partial charge < -0.3 is 10.0 Å². The van der Waals surface area contributed by atoms with E-state index in [4.69, 9.17) is 0 Å². The highest BCUT2D eigenvalue weighted by atomic mass is 16.3. The predicted molar refractivity (Wildman–Crippen MR) is 73.7 cm³/mol. The van der Waals surface area contributed by atoms with E-state index in [2.05, 4.69) is 6.07 Å². The van der Waals surface area contributed by atoms with Crippen molar-refractivity contribution in [1.82, 2.24) is 4.90 Å². The summed E-state index contributed by atoms with van der Waals surface area (Å²) in [6.07, 6.45) is 2.89. The van der Waals surface area contributed by atoms with Crippen LogP contribution in [0.15, 0.2) is 30.3 Å². The molecular formula is C16H18N2O2. The molecule has 20 heavy (non-hydrogen) atoms. The van der Waals surface area contributed by atoms with Crippen LogP contribution in [0.3, 0.4) is 0 Å². The zero-order chi connectivity index (χ0) is 14.1. The normalized spacial score (nSPS) is 29.8. The lowest BCUT2D eigenvalue weighted by molar-refractivity contribution is -0.137. The lowest BCUT2D eigenvalue weighted by Crippen LogP contribution is -2.49. The first-order valence-corrected chi connectivity index (χ1v) is 7.15. The quantitative estimate of drug-likeness (QED) is 0.891. The van der Waals surface area contributed by atoms with Crippen LogP contribution in [-0.4, -0.2) is 34.1 Å². The maximum atomic E-state index is 12.7. The van der Waals surface area contributed by atoms with E-state index in [1.807, 2.05) is 35.2 Å². The van der Waals surface area contributed by atoms with Gasteiger partial charge in [-0.25, -0.2) is 0 Å². The van der Waals surface area contributed by atoms with Crippen molar-refractivity contribution in [2.45, 2.75) is 49.8 Å². The maximum Gasteiger partial charge on any atom is 0.244 e. The Morgan fingerprint density at radius 1 is 1.25 bits per heavy atom. The molecule has 2 saturated heterocycles. The number of rotatable bonds is 2. The predicted octanol–water partition coefficient (Wildman–Crippen LogP) is 1.81. The summed E-state index contributed by atoms with van der Waals surface area (Å²) in [7, 11) is 0. The molecule has 0 aromatic heterocycles. The molecule has 1 aromatic carbocycles. The van der Waals surface area contributed by atoms with Crippen LogP contribution in [0.5, 0.6) is 0 Å². The van der Waals surface area contributed by atoms with Gasteiger partial charge in [0.25, 0.3) is 0 Å². The summed E-state index contributed by atoms with van der Waals surface area (Å²) in [5, 5.41) is 19.2. The summed E-state index contributed by atoms with van der Waals surface area (Å²) < 4.78 is 0. The average molecular weight is 270 g/mol. The first kappa shape index (κ1) is 13.1. The number of piperidine rings is 1. The molecule has 4 heteroatoms. The van der Waals surface area contributed by atoms with Gasteiger partial charge in [0, 0.05) is 12.1 Å². The summed E-state index contributed by atoms with van der Waals surface area (Å²) >= 11 is 0. The number of nitriles is 1. The molecule has 1 aromatic rings. The van der Waals surface area contributed by atoms with Gasteiger partial charge in [-0.1, -0.05) is 30.3 Å². The lowest BCUT2D eigenvalue weighted by atomic mass is 9.94. The number of hydrogen-bond donors (Lipinski definition) is 1. The Hall–Kier alpha value is -1.86. The molecule has 1 amide bonds. The molecule has 3 atom stereocenters. The molecule has 1 N–H and O–H groups in total. The van der Waals surface area contributed by atoms with Crippen molar-refractivity contribution in [3.8, 4) is 6.07 Å². The van der Waals surface area contributed by atoms with Gasteiger partial charge in [0.15, 0.2) is 0 Å². The van der Waals surface area contributed by atoms with Crippen LogP contribution < -0.4 is 0 Å². The monoisotopic (exact) mass is 270 g/mol. The minimum absolute atomic E-state index is 0.0990. The van der Waals surface area contributed by atoms with Crippen LogP contribution >= 0.6 is 0 Å². The topological polar surface area (TPSA) is 64.3 Å². The number of nitrogens with zero attached hydrogens (tertiary/aromatic N) is 2. The number of aliphatic hydroxyl groups is 1. The van der Waals surface area contributed by atoms with Crippen molar-refractivity contribution in [2.24, 2.45) is 0 Å². The number of hydrogen-bond acceptors (Lipinski definition) is 3. The van der Waals surface area contributed by atoms with E-state index in [9.17, 15) is 15.2 Å². The number of amides is 1. The van der Waals surface area contributed by atoms with Crippen molar-refractivity contribution >= 4 is 5.91 Å². The highest BCUT2D eigenvalue weighted by Gasteiger charge is 2.44. The van der Waals surface area contributed by atoms with Gasteiger partial charge in [-0.3, -0.25) is 4.79 Å². The third-order valence-corrected chi connectivity index (χ3v) is 4.47. The minimum atomic E-state index is -0.727. The smallest absolute Gasteiger partial charge is 0.244 e. The molecule has 2 heterocycles. The van der Waals surface area contributed by atoms with Crippen LogP contribution in [-0.2, 0) is 4.79 Å². The zero-order valence-corrected chi connectivity index (χ0v) is 11.3. The Morgan fingerprint density at radius 2 is 1.85 bits per heavy atom. The summed E-state index contributed by atoms with van der Waals surface area (Å²) in [5.74, 6) is -0.826. The summed E-state index contributed by atoms with van der Waals surface area (Å²) in [4.78, 5) is 14.6. The van der Waals surface area contributed by atoms with Gasteiger partial charge in [0.1, 0.15) is 5.92 Å². The first-order valence-electron chi connectivity index (χ1n) is 7.15.